The number of halogens is 9. The predicted octanol–water partition coefficient (Wildman–Crippen LogP) is 7.58. The van der Waals surface area contributed by atoms with Crippen LogP contribution in [0.2, 0.25) is 0 Å². The van der Waals surface area contributed by atoms with Gasteiger partial charge in [-0.2, -0.15) is 44.1 Å². The van der Waals surface area contributed by atoms with Crippen molar-refractivity contribution >= 4 is 17.1 Å². The first-order valence-electron chi connectivity index (χ1n) is 11.4. The Bertz CT molecular complexity index is 1220. The van der Waals surface area contributed by atoms with Crippen molar-refractivity contribution in [2.75, 3.05) is 25.6 Å². The Labute approximate surface area is 213 Å². The summed E-state index contributed by atoms with van der Waals surface area (Å²) < 4.78 is 127. The average Bonchev–Trinajstić information content (AvgIpc) is 3.06. The largest absolute Gasteiger partial charge is 0.497 e. The number of ether oxygens (including phenoxy) is 1. The molecule has 0 unspecified atom stereocenters. The van der Waals surface area contributed by atoms with Crippen molar-refractivity contribution in [3.63, 3.8) is 0 Å². The van der Waals surface area contributed by atoms with E-state index in [9.17, 15) is 39.5 Å². The molecular formula is C26H26F9N2O+. The van der Waals surface area contributed by atoms with E-state index in [0.717, 1.165) is 5.69 Å². The Morgan fingerprint density at radius 2 is 1.45 bits per heavy atom. The van der Waals surface area contributed by atoms with Crippen LogP contribution in [-0.4, -0.2) is 54.9 Å². The summed E-state index contributed by atoms with van der Waals surface area (Å²) in [5, 5.41) is 0. The number of nitrogens with zero attached hydrogens (tertiary/aromatic N) is 2. The number of hydrogen-bond acceptors (Lipinski definition) is 2. The molecule has 0 fully saturated rings. The molecule has 0 amide bonds. The summed E-state index contributed by atoms with van der Waals surface area (Å²) in [5.41, 5.74) is 1.25. The number of allylic oxidation sites excluding steroid dienone is 1. The number of fused-ring (bicyclic) bond motifs is 1. The minimum absolute atomic E-state index is 0.353. The summed E-state index contributed by atoms with van der Waals surface area (Å²) in [7, 11) is 3.21. The maximum absolute atomic E-state index is 14.4. The van der Waals surface area contributed by atoms with Crippen molar-refractivity contribution in [1.82, 2.24) is 0 Å². The number of benzene rings is 2. The minimum atomic E-state index is -6.92. The van der Waals surface area contributed by atoms with Gasteiger partial charge in [0.05, 0.1) is 18.9 Å². The van der Waals surface area contributed by atoms with Gasteiger partial charge in [0.25, 0.3) is 0 Å². The maximum Gasteiger partial charge on any atom is 0.460 e. The molecule has 38 heavy (non-hydrogen) atoms. The Hall–Kier alpha value is -3.18. The molecule has 3 rings (SSSR count). The first kappa shape index (κ1) is 29.4. The van der Waals surface area contributed by atoms with Crippen LogP contribution in [0.4, 0.5) is 50.9 Å². The summed E-state index contributed by atoms with van der Waals surface area (Å²) in [6.07, 6.45) is -5.65. The molecule has 0 atom stereocenters. The van der Waals surface area contributed by atoms with E-state index in [1.165, 1.54) is 17.8 Å². The topological polar surface area (TPSA) is 15.5 Å². The van der Waals surface area contributed by atoms with Crippen LogP contribution in [0.3, 0.4) is 0 Å². The van der Waals surface area contributed by atoms with E-state index < -0.39 is 42.3 Å². The molecule has 3 nitrogen and oxygen atoms in total. The zero-order chi connectivity index (χ0) is 28.7. The van der Waals surface area contributed by atoms with E-state index in [0.29, 0.717) is 22.7 Å². The molecule has 0 N–H and O–H groups in total. The monoisotopic (exact) mass is 553 g/mol. The fourth-order valence-electron chi connectivity index (χ4n) is 4.28. The van der Waals surface area contributed by atoms with Crippen LogP contribution in [-0.2, 0) is 5.41 Å². The highest BCUT2D eigenvalue weighted by atomic mass is 19.4. The molecule has 0 saturated carbocycles. The van der Waals surface area contributed by atoms with Gasteiger partial charge >= 0.3 is 23.9 Å². The van der Waals surface area contributed by atoms with Crippen LogP contribution in [0.25, 0.3) is 0 Å². The number of para-hydroxylation sites is 1. The SMILES string of the molecule is COc1ccc(N(C)/C=C/C2=[N+](CCC(F)(F)C(F)(F)C(F)(F)C(F)(F)F)c3ccccc3C2(C)C)cc1. The molecule has 1 heterocycles. The van der Waals surface area contributed by atoms with Gasteiger partial charge in [0.15, 0.2) is 12.3 Å². The zero-order valence-electron chi connectivity index (χ0n) is 20.9. The van der Waals surface area contributed by atoms with Gasteiger partial charge < -0.3 is 9.64 Å². The van der Waals surface area contributed by atoms with Crippen molar-refractivity contribution in [1.29, 1.82) is 0 Å². The second kappa shape index (κ2) is 9.85. The second-order valence-electron chi connectivity index (χ2n) is 9.40. The van der Waals surface area contributed by atoms with Gasteiger partial charge in [-0.25, -0.2) is 0 Å². The Kier molecular flexibility index (Phi) is 7.61. The van der Waals surface area contributed by atoms with Crippen molar-refractivity contribution < 1.29 is 48.8 Å². The highest BCUT2D eigenvalue weighted by Gasteiger charge is 2.81. The fourth-order valence-corrected chi connectivity index (χ4v) is 4.28. The van der Waals surface area contributed by atoms with Crippen molar-refractivity contribution in [2.45, 2.75) is 49.6 Å². The molecule has 0 saturated heterocycles. The molecule has 0 aromatic heterocycles. The van der Waals surface area contributed by atoms with Gasteiger partial charge in [-0.05, 0) is 38.1 Å². The van der Waals surface area contributed by atoms with Crippen molar-refractivity contribution in [3.8, 4) is 5.75 Å². The molecule has 2 aromatic carbocycles. The van der Waals surface area contributed by atoms with Crippen molar-refractivity contribution in [3.05, 3.63) is 66.4 Å². The quantitative estimate of drug-likeness (QED) is 0.235. The Morgan fingerprint density at radius 3 is 2.00 bits per heavy atom. The second-order valence-corrected chi connectivity index (χ2v) is 9.40. The van der Waals surface area contributed by atoms with Crippen molar-refractivity contribution in [2.24, 2.45) is 0 Å². The summed E-state index contributed by atoms with van der Waals surface area (Å²) in [6.45, 7) is 2.57. The lowest BCUT2D eigenvalue weighted by Crippen LogP contribution is -2.61. The minimum Gasteiger partial charge on any atom is -0.497 e. The Balaban J connectivity index is 1.98. The van der Waals surface area contributed by atoms with Crippen LogP contribution in [0.1, 0.15) is 25.8 Å². The number of hydrogen-bond donors (Lipinski definition) is 0. The molecule has 12 heteroatoms. The van der Waals surface area contributed by atoms with Gasteiger partial charge in [0.1, 0.15) is 5.75 Å². The normalized spacial score (nSPS) is 16.2. The molecular weight excluding hydrogens is 527 g/mol. The maximum atomic E-state index is 14.4. The van der Waals surface area contributed by atoms with E-state index in [1.807, 2.05) is 0 Å². The molecule has 0 spiro atoms. The lowest BCUT2D eigenvalue weighted by molar-refractivity contribution is -0.454. The van der Waals surface area contributed by atoms with Crippen LogP contribution in [0, 0.1) is 0 Å². The summed E-state index contributed by atoms with van der Waals surface area (Å²) in [5.74, 6) is -18.6. The van der Waals surface area contributed by atoms with Crippen LogP contribution in [0.15, 0.2) is 60.8 Å². The third kappa shape index (κ3) is 4.96. The van der Waals surface area contributed by atoms with Gasteiger partial charge in [-0.3, -0.25) is 0 Å². The lowest BCUT2D eigenvalue weighted by atomic mass is 9.81. The van der Waals surface area contributed by atoms with E-state index in [4.69, 9.17) is 4.74 Å². The first-order chi connectivity index (χ1) is 17.4. The summed E-state index contributed by atoms with van der Waals surface area (Å²) in [6, 6.07) is 13.4. The van der Waals surface area contributed by atoms with E-state index in [1.54, 1.807) is 80.5 Å². The third-order valence-electron chi connectivity index (χ3n) is 6.59. The average molecular weight is 553 g/mol. The van der Waals surface area contributed by atoms with Crippen LogP contribution in [0.5, 0.6) is 5.75 Å². The molecule has 1 aliphatic rings. The third-order valence-corrected chi connectivity index (χ3v) is 6.59. The van der Waals surface area contributed by atoms with E-state index in [-0.39, 0.29) is 0 Å². The van der Waals surface area contributed by atoms with Crippen LogP contribution < -0.4 is 9.64 Å². The van der Waals surface area contributed by atoms with Gasteiger partial charge in [-0.1, -0.05) is 18.2 Å². The summed E-state index contributed by atoms with van der Waals surface area (Å²) in [4.78, 5) is 1.69. The number of alkyl halides is 9. The molecule has 0 radical (unpaired) electrons. The molecule has 1 aliphatic heterocycles. The van der Waals surface area contributed by atoms with E-state index in [2.05, 4.69) is 0 Å². The van der Waals surface area contributed by atoms with Gasteiger partial charge in [0.2, 0.25) is 5.69 Å². The highest BCUT2D eigenvalue weighted by Crippen LogP contribution is 2.54. The number of anilines is 1. The predicted molar refractivity (Wildman–Crippen MR) is 125 cm³/mol. The fraction of sp³-hybridized carbons (Fsp3) is 0.423. The lowest BCUT2D eigenvalue weighted by Gasteiger charge is -2.33. The standard InChI is InChI=1S/C26H26F9N2O/c1-22(2)19-7-5-6-8-20(19)37(16-14-23(27,28)24(29,30)25(31,32)26(33,34)35)21(22)13-15-36(3)17-9-11-18(38-4)12-10-17/h5-13,15H,14,16H2,1-4H3/q+1. The van der Waals surface area contributed by atoms with Crippen LogP contribution >= 0.6 is 0 Å². The van der Waals surface area contributed by atoms with Gasteiger partial charge in [-0.15, -0.1) is 0 Å². The summed E-state index contributed by atoms with van der Waals surface area (Å²) >= 11 is 0. The number of methoxy groups -OCH3 is 1. The molecule has 0 aliphatic carbocycles. The number of rotatable bonds is 9. The zero-order valence-corrected chi connectivity index (χ0v) is 20.9. The Morgan fingerprint density at radius 1 is 0.868 bits per heavy atom. The molecule has 0 bridgehead atoms. The van der Waals surface area contributed by atoms with Gasteiger partial charge in [0, 0.05) is 36.6 Å². The first-order valence-corrected chi connectivity index (χ1v) is 11.4. The highest BCUT2D eigenvalue weighted by molar-refractivity contribution is 6.03. The molecule has 2 aromatic rings. The van der Waals surface area contributed by atoms with E-state index >= 15 is 0 Å². The molecule has 208 valence electrons. The smallest absolute Gasteiger partial charge is 0.460 e.